The Morgan fingerprint density at radius 2 is 1.35 bits per heavy atom. The predicted octanol–water partition coefficient (Wildman–Crippen LogP) is -1.84. The van der Waals surface area contributed by atoms with Gasteiger partial charge in [-0.25, -0.2) is 28.1 Å². The summed E-state index contributed by atoms with van der Waals surface area (Å²) < 4.78 is 13.2. The maximum atomic E-state index is 12.3. The Bertz CT molecular complexity index is 653. The van der Waals surface area contributed by atoms with E-state index in [9.17, 15) is 14.4 Å². The van der Waals surface area contributed by atoms with Crippen molar-refractivity contribution in [2.75, 3.05) is 13.2 Å². The molecule has 0 amide bonds. The topological polar surface area (TPSA) is 91.1 Å². The molecule has 0 unspecified atom stereocenters. The molecule has 0 saturated carbocycles. The monoisotopic (exact) mass is 281 g/mol. The Morgan fingerprint density at radius 3 is 1.70 bits per heavy atom. The molecule has 0 spiro atoms. The van der Waals surface area contributed by atoms with E-state index in [-0.39, 0.29) is 31.8 Å². The van der Waals surface area contributed by atoms with Gasteiger partial charge in [-0.2, -0.15) is 0 Å². The third-order valence-electron chi connectivity index (χ3n) is 3.27. The first kappa shape index (κ1) is 13.1. The first-order chi connectivity index (χ1) is 9.61. The summed E-state index contributed by atoms with van der Waals surface area (Å²) in [6.45, 7) is 4.97. The summed E-state index contributed by atoms with van der Waals surface area (Å²) in [7, 11) is 0. The largest absolute Gasteiger partial charge is 0.371 e. The molecule has 8 heteroatoms. The van der Waals surface area contributed by atoms with Crippen molar-refractivity contribution in [2.45, 2.75) is 31.8 Å². The Kier molecular flexibility index (Phi) is 3.19. The van der Waals surface area contributed by atoms with Gasteiger partial charge in [-0.15, -0.1) is 6.58 Å². The maximum Gasteiger partial charge on any atom is 0.336 e. The molecule has 2 aliphatic heterocycles. The standard InChI is InChI=1S/C12H15N3O5/c1-2-3-13-10(16)14(4-8-6-19-8)12(18)15(11(13)17)5-9-7-20-9/h2,8-9H,1,3-7H2/t8-,9-/m1/s1. The van der Waals surface area contributed by atoms with Crippen LogP contribution in [0.2, 0.25) is 0 Å². The molecule has 0 bridgehead atoms. The molecule has 8 nitrogen and oxygen atoms in total. The van der Waals surface area contributed by atoms with Crippen LogP contribution in [0.1, 0.15) is 0 Å². The Balaban J connectivity index is 2.13. The minimum absolute atomic E-state index is 0.0645. The van der Waals surface area contributed by atoms with Crippen LogP contribution in [0, 0.1) is 0 Å². The lowest BCUT2D eigenvalue weighted by Crippen LogP contribution is -2.55. The number of nitrogens with zero attached hydrogens (tertiary/aromatic N) is 3. The van der Waals surface area contributed by atoms with Gasteiger partial charge in [-0.05, 0) is 0 Å². The summed E-state index contributed by atoms with van der Waals surface area (Å²) in [6, 6.07) is 0. The van der Waals surface area contributed by atoms with Gasteiger partial charge in [0.15, 0.2) is 0 Å². The van der Waals surface area contributed by atoms with Crippen LogP contribution in [0.5, 0.6) is 0 Å². The van der Waals surface area contributed by atoms with Gasteiger partial charge in [0, 0.05) is 0 Å². The Labute approximate surface area is 113 Å². The lowest BCUT2D eigenvalue weighted by molar-refractivity contribution is 0.343. The highest BCUT2D eigenvalue weighted by Crippen LogP contribution is 2.10. The molecule has 1 aromatic heterocycles. The number of ether oxygens (including phenoxy) is 2. The molecular weight excluding hydrogens is 266 g/mol. The fraction of sp³-hybridized carbons (Fsp3) is 0.583. The molecule has 108 valence electrons. The van der Waals surface area contributed by atoms with Gasteiger partial charge in [0.2, 0.25) is 0 Å². The molecule has 1 aromatic rings. The van der Waals surface area contributed by atoms with E-state index in [1.54, 1.807) is 0 Å². The first-order valence-electron chi connectivity index (χ1n) is 6.40. The average molecular weight is 281 g/mol. The molecule has 2 aliphatic rings. The second-order valence-corrected chi connectivity index (χ2v) is 4.88. The van der Waals surface area contributed by atoms with E-state index >= 15 is 0 Å². The third kappa shape index (κ3) is 2.39. The summed E-state index contributed by atoms with van der Waals surface area (Å²) >= 11 is 0. The van der Waals surface area contributed by atoms with Crippen LogP contribution < -0.4 is 17.1 Å². The minimum Gasteiger partial charge on any atom is -0.371 e. The Morgan fingerprint density at radius 1 is 0.950 bits per heavy atom. The van der Waals surface area contributed by atoms with Crippen LogP contribution in [-0.4, -0.2) is 39.1 Å². The van der Waals surface area contributed by atoms with E-state index in [1.165, 1.54) is 6.08 Å². The summed E-state index contributed by atoms with van der Waals surface area (Å²) in [5.74, 6) is 0. The normalized spacial score (nSPS) is 23.6. The summed E-state index contributed by atoms with van der Waals surface area (Å²) in [6.07, 6.45) is 1.20. The van der Waals surface area contributed by atoms with E-state index in [0.29, 0.717) is 13.2 Å². The minimum atomic E-state index is -0.622. The molecule has 20 heavy (non-hydrogen) atoms. The fourth-order valence-electron chi connectivity index (χ4n) is 2.03. The predicted molar refractivity (Wildman–Crippen MR) is 68.9 cm³/mol. The molecule has 0 radical (unpaired) electrons. The molecule has 0 aromatic carbocycles. The lowest BCUT2D eigenvalue weighted by atomic mass is 10.4. The van der Waals surface area contributed by atoms with E-state index in [0.717, 1.165) is 13.7 Å². The van der Waals surface area contributed by atoms with E-state index in [2.05, 4.69) is 6.58 Å². The molecule has 2 fully saturated rings. The van der Waals surface area contributed by atoms with Crippen molar-refractivity contribution in [3.8, 4) is 0 Å². The second-order valence-electron chi connectivity index (χ2n) is 4.88. The van der Waals surface area contributed by atoms with Gasteiger partial charge in [-0.1, -0.05) is 6.08 Å². The van der Waals surface area contributed by atoms with E-state index < -0.39 is 17.1 Å². The van der Waals surface area contributed by atoms with Crippen molar-refractivity contribution < 1.29 is 9.47 Å². The van der Waals surface area contributed by atoms with Crippen LogP contribution in [0.15, 0.2) is 27.0 Å². The number of rotatable bonds is 6. The quantitative estimate of drug-likeness (QED) is 0.451. The van der Waals surface area contributed by atoms with Gasteiger partial charge >= 0.3 is 17.1 Å². The van der Waals surface area contributed by atoms with Gasteiger partial charge in [-0.3, -0.25) is 0 Å². The Hall–Kier alpha value is -1.93. The van der Waals surface area contributed by atoms with Crippen molar-refractivity contribution in [3.05, 3.63) is 44.1 Å². The van der Waals surface area contributed by atoms with Crippen LogP contribution in [0.3, 0.4) is 0 Å². The SMILES string of the molecule is C=CCn1c(=O)n(C[C@@H]2CO2)c(=O)n(C[C@@H]2CO2)c1=O. The smallest absolute Gasteiger partial charge is 0.336 e. The summed E-state index contributed by atoms with van der Waals surface area (Å²) in [4.78, 5) is 36.7. The zero-order chi connectivity index (χ0) is 14.3. The van der Waals surface area contributed by atoms with E-state index in [1.807, 2.05) is 0 Å². The zero-order valence-electron chi connectivity index (χ0n) is 10.9. The zero-order valence-corrected chi connectivity index (χ0v) is 10.9. The summed E-state index contributed by atoms with van der Waals surface area (Å²) in [5.41, 5.74) is -1.85. The highest BCUT2D eigenvalue weighted by atomic mass is 16.6. The fourth-order valence-corrected chi connectivity index (χ4v) is 2.03. The molecule has 2 saturated heterocycles. The van der Waals surface area contributed by atoms with Crippen LogP contribution in [-0.2, 0) is 29.1 Å². The highest BCUT2D eigenvalue weighted by molar-refractivity contribution is 4.86. The third-order valence-corrected chi connectivity index (χ3v) is 3.27. The van der Waals surface area contributed by atoms with Crippen molar-refractivity contribution in [1.29, 1.82) is 0 Å². The van der Waals surface area contributed by atoms with Crippen LogP contribution in [0.4, 0.5) is 0 Å². The number of epoxide rings is 2. The van der Waals surface area contributed by atoms with Gasteiger partial charge in [0.05, 0.1) is 45.1 Å². The highest BCUT2D eigenvalue weighted by Gasteiger charge is 2.29. The van der Waals surface area contributed by atoms with Crippen molar-refractivity contribution >= 4 is 0 Å². The first-order valence-corrected chi connectivity index (χ1v) is 6.40. The molecule has 0 aliphatic carbocycles. The summed E-state index contributed by atoms with van der Waals surface area (Å²) in [5, 5.41) is 0. The molecular formula is C12H15N3O5. The number of aromatic nitrogens is 3. The van der Waals surface area contributed by atoms with Crippen molar-refractivity contribution in [2.24, 2.45) is 0 Å². The van der Waals surface area contributed by atoms with Gasteiger partial charge < -0.3 is 9.47 Å². The average Bonchev–Trinajstić information content (AvgIpc) is 3.30. The lowest BCUT2D eigenvalue weighted by Gasteiger charge is -2.11. The molecule has 3 heterocycles. The van der Waals surface area contributed by atoms with Gasteiger partial charge in [0.1, 0.15) is 0 Å². The van der Waals surface area contributed by atoms with Crippen molar-refractivity contribution in [3.63, 3.8) is 0 Å². The van der Waals surface area contributed by atoms with Crippen LogP contribution in [0.25, 0.3) is 0 Å². The van der Waals surface area contributed by atoms with E-state index in [4.69, 9.17) is 9.47 Å². The molecule has 0 N–H and O–H groups in total. The number of hydrogen-bond acceptors (Lipinski definition) is 5. The number of hydrogen-bond donors (Lipinski definition) is 0. The van der Waals surface area contributed by atoms with Gasteiger partial charge in [0.25, 0.3) is 0 Å². The van der Waals surface area contributed by atoms with Crippen molar-refractivity contribution in [1.82, 2.24) is 13.7 Å². The molecule has 3 rings (SSSR count). The maximum absolute atomic E-state index is 12.3. The number of allylic oxidation sites excluding steroid dienone is 1. The molecule has 2 atom stereocenters. The second kappa shape index (κ2) is 4.88. The van der Waals surface area contributed by atoms with Crippen LogP contribution >= 0.6 is 0 Å².